The summed E-state index contributed by atoms with van der Waals surface area (Å²) in [6.45, 7) is 0.534. The van der Waals surface area contributed by atoms with Gasteiger partial charge in [0.15, 0.2) is 0 Å². The molecule has 3 aromatic rings. The lowest BCUT2D eigenvalue weighted by Crippen LogP contribution is -2.30. The number of likely N-dealkylation sites (tertiary alicyclic amines) is 1. The van der Waals surface area contributed by atoms with Crippen LogP contribution in [0, 0.1) is 5.92 Å². The van der Waals surface area contributed by atoms with Crippen LogP contribution in [0.1, 0.15) is 33.6 Å². The first-order chi connectivity index (χ1) is 14.0. The van der Waals surface area contributed by atoms with Gasteiger partial charge in [-0.3, -0.25) is 4.79 Å². The molecule has 1 aliphatic heterocycles. The molecule has 29 heavy (non-hydrogen) atoms. The zero-order chi connectivity index (χ0) is 20.4. The first kappa shape index (κ1) is 18.9. The van der Waals surface area contributed by atoms with Crippen molar-refractivity contribution in [3.05, 3.63) is 90.0 Å². The Balaban J connectivity index is 1.73. The van der Waals surface area contributed by atoms with Crippen molar-refractivity contribution in [1.82, 2.24) is 14.5 Å². The number of esters is 1. The molecule has 1 saturated heterocycles. The molecule has 6 heteroatoms. The van der Waals surface area contributed by atoms with Gasteiger partial charge in [0.05, 0.1) is 23.5 Å². The van der Waals surface area contributed by atoms with Crippen LogP contribution in [0.2, 0.25) is 0 Å². The third-order valence-corrected chi connectivity index (χ3v) is 5.37. The van der Waals surface area contributed by atoms with Crippen LogP contribution in [0.25, 0.3) is 0 Å². The Hall–Kier alpha value is -3.41. The van der Waals surface area contributed by atoms with Crippen LogP contribution in [0.3, 0.4) is 0 Å². The highest BCUT2D eigenvalue weighted by Crippen LogP contribution is 2.42. The van der Waals surface area contributed by atoms with Gasteiger partial charge in [-0.1, -0.05) is 48.5 Å². The van der Waals surface area contributed by atoms with Crippen molar-refractivity contribution in [2.24, 2.45) is 13.0 Å². The number of nitrogens with zero attached hydrogens (tertiary/aromatic N) is 3. The lowest BCUT2D eigenvalue weighted by molar-refractivity contribution is -0.133. The van der Waals surface area contributed by atoms with Gasteiger partial charge in [0, 0.05) is 32.8 Å². The summed E-state index contributed by atoms with van der Waals surface area (Å²) in [5.74, 6) is -1.19. The van der Waals surface area contributed by atoms with Crippen LogP contribution < -0.4 is 0 Å². The van der Waals surface area contributed by atoms with Crippen LogP contribution in [0.5, 0.6) is 0 Å². The van der Waals surface area contributed by atoms with E-state index in [2.05, 4.69) is 4.98 Å². The summed E-state index contributed by atoms with van der Waals surface area (Å²) in [6.07, 6.45) is 2.95. The molecule has 0 N–H and O–H groups in total. The first-order valence-electron chi connectivity index (χ1n) is 9.58. The number of benzene rings is 2. The number of hydrogen-bond acceptors (Lipinski definition) is 4. The molecule has 0 spiro atoms. The van der Waals surface area contributed by atoms with E-state index in [-0.39, 0.29) is 11.8 Å². The van der Waals surface area contributed by atoms with Crippen molar-refractivity contribution in [3.8, 4) is 0 Å². The quantitative estimate of drug-likeness (QED) is 0.629. The second-order valence-corrected chi connectivity index (χ2v) is 7.42. The fourth-order valence-corrected chi connectivity index (χ4v) is 3.92. The summed E-state index contributed by atoms with van der Waals surface area (Å²) < 4.78 is 7.83. The van der Waals surface area contributed by atoms with E-state index >= 15 is 0 Å². The lowest BCUT2D eigenvalue weighted by Gasteiger charge is -2.26. The molecule has 148 valence electrons. The predicted octanol–water partition coefficient (Wildman–Crippen LogP) is 3.19. The van der Waals surface area contributed by atoms with E-state index in [1.807, 2.05) is 54.2 Å². The number of carbonyl (C=O) groups excluding carboxylic acids is 2. The number of aryl methyl sites for hydroxylation is 1. The monoisotopic (exact) mass is 389 g/mol. The molecule has 2 aromatic carbocycles. The molecule has 1 fully saturated rings. The molecule has 0 aliphatic carbocycles. The number of imidazole rings is 1. The summed E-state index contributed by atoms with van der Waals surface area (Å²) in [4.78, 5) is 32.1. The Morgan fingerprint density at radius 2 is 1.72 bits per heavy atom. The molecular formula is C23H23N3O3. The van der Waals surface area contributed by atoms with E-state index in [0.29, 0.717) is 12.1 Å². The van der Waals surface area contributed by atoms with Crippen LogP contribution in [-0.2, 0) is 16.6 Å². The standard InChI is InChI=1S/C23H23N3O3/c1-25-14-19(24-15-25)18-13-26(2)22(27)20(18)21(16-9-5-3-6-10-16)29-23(28)17-11-7-4-8-12-17/h3-12,14-15,18,20-21H,13H2,1-2H3/t18-,20+,21-/m1/s1. The largest absolute Gasteiger partial charge is 0.453 e. The molecule has 3 atom stereocenters. The minimum absolute atomic E-state index is 0.0460. The third-order valence-electron chi connectivity index (χ3n) is 5.37. The van der Waals surface area contributed by atoms with Crippen LogP contribution in [-0.4, -0.2) is 39.9 Å². The molecule has 1 aliphatic rings. The maximum absolute atomic E-state index is 13.1. The smallest absolute Gasteiger partial charge is 0.338 e. The molecule has 0 bridgehead atoms. The Kier molecular flexibility index (Phi) is 5.16. The fourth-order valence-electron chi connectivity index (χ4n) is 3.92. The molecule has 0 unspecified atom stereocenters. The van der Waals surface area contributed by atoms with Gasteiger partial charge in [0.1, 0.15) is 6.10 Å². The number of aromatic nitrogens is 2. The van der Waals surface area contributed by atoms with Gasteiger partial charge in [-0.15, -0.1) is 0 Å². The maximum Gasteiger partial charge on any atom is 0.338 e. The molecule has 6 nitrogen and oxygen atoms in total. The highest BCUT2D eigenvalue weighted by molar-refractivity contribution is 5.90. The minimum Gasteiger partial charge on any atom is -0.453 e. The summed E-state index contributed by atoms with van der Waals surface area (Å²) in [7, 11) is 3.68. The zero-order valence-electron chi connectivity index (χ0n) is 16.4. The Morgan fingerprint density at radius 3 is 2.34 bits per heavy atom. The van der Waals surface area contributed by atoms with E-state index in [1.165, 1.54) is 0 Å². The van der Waals surface area contributed by atoms with Crippen LogP contribution in [0.15, 0.2) is 73.2 Å². The maximum atomic E-state index is 13.1. The van der Waals surface area contributed by atoms with Gasteiger partial charge in [-0.25, -0.2) is 9.78 Å². The number of hydrogen-bond donors (Lipinski definition) is 0. The average Bonchev–Trinajstić information content (AvgIpc) is 3.31. The van der Waals surface area contributed by atoms with Crippen LogP contribution in [0.4, 0.5) is 0 Å². The summed E-state index contributed by atoms with van der Waals surface area (Å²) in [5, 5.41) is 0. The highest BCUT2D eigenvalue weighted by Gasteiger charge is 2.47. The molecule has 1 aromatic heterocycles. The van der Waals surface area contributed by atoms with Gasteiger partial charge in [-0.2, -0.15) is 0 Å². The number of rotatable bonds is 5. The van der Waals surface area contributed by atoms with E-state index < -0.39 is 18.0 Å². The summed E-state index contributed by atoms with van der Waals surface area (Å²) in [6, 6.07) is 18.3. The molecular weight excluding hydrogens is 366 g/mol. The topological polar surface area (TPSA) is 64.4 Å². The van der Waals surface area contributed by atoms with Crippen molar-refractivity contribution in [3.63, 3.8) is 0 Å². The fraction of sp³-hybridized carbons (Fsp3) is 0.261. The van der Waals surface area contributed by atoms with Crippen molar-refractivity contribution >= 4 is 11.9 Å². The molecule has 1 amide bonds. The average molecular weight is 389 g/mol. The van der Waals surface area contributed by atoms with Crippen LogP contribution >= 0.6 is 0 Å². The molecule has 4 rings (SSSR count). The zero-order valence-corrected chi connectivity index (χ0v) is 16.4. The molecule has 0 radical (unpaired) electrons. The Labute approximate surface area is 169 Å². The molecule has 0 saturated carbocycles. The summed E-state index contributed by atoms with van der Waals surface area (Å²) >= 11 is 0. The Bertz CT molecular complexity index is 1000. The minimum atomic E-state index is -0.701. The van der Waals surface area contributed by atoms with E-state index in [0.717, 1.165) is 11.3 Å². The van der Waals surface area contributed by atoms with Crippen molar-refractivity contribution in [2.45, 2.75) is 12.0 Å². The third kappa shape index (κ3) is 3.78. The SMILES string of the molecule is CN1C[C@H](c2cn(C)cn2)[C@@H]([C@H](OC(=O)c2ccccc2)c2ccccc2)C1=O. The van der Waals surface area contributed by atoms with Gasteiger partial charge >= 0.3 is 5.97 Å². The Morgan fingerprint density at radius 1 is 1.07 bits per heavy atom. The van der Waals surface area contributed by atoms with Gasteiger partial charge < -0.3 is 14.2 Å². The number of carbonyl (C=O) groups is 2. The van der Waals surface area contributed by atoms with E-state index in [4.69, 9.17) is 4.74 Å². The molecule has 2 heterocycles. The first-order valence-corrected chi connectivity index (χ1v) is 9.58. The van der Waals surface area contributed by atoms with Gasteiger partial charge in [-0.05, 0) is 17.7 Å². The normalized spacial score (nSPS) is 19.9. The second-order valence-electron chi connectivity index (χ2n) is 7.42. The van der Waals surface area contributed by atoms with Gasteiger partial charge in [0.2, 0.25) is 5.91 Å². The number of likely N-dealkylation sites (N-methyl/N-ethyl adjacent to an activating group) is 1. The van der Waals surface area contributed by atoms with Crippen molar-refractivity contribution in [2.75, 3.05) is 13.6 Å². The van der Waals surface area contributed by atoms with Gasteiger partial charge in [0.25, 0.3) is 0 Å². The number of ether oxygens (including phenoxy) is 1. The highest BCUT2D eigenvalue weighted by atomic mass is 16.5. The van der Waals surface area contributed by atoms with Crippen molar-refractivity contribution < 1.29 is 14.3 Å². The second kappa shape index (κ2) is 7.91. The predicted molar refractivity (Wildman–Crippen MR) is 108 cm³/mol. The van der Waals surface area contributed by atoms with E-state index in [1.54, 1.807) is 42.5 Å². The number of amides is 1. The van der Waals surface area contributed by atoms with Crippen molar-refractivity contribution in [1.29, 1.82) is 0 Å². The van der Waals surface area contributed by atoms with E-state index in [9.17, 15) is 9.59 Å². The summed E-state index contributed by atoms with van der Waals surface area (Å²) in [5.41, 5.74) is 2.08. The lowest BCUT2D eigenvalue weighted by atomic mass is 9.84.